The fraction of sp³-hybridized carbons (Fsp3) is 0.714. The quantitative estimate of drug-likeness (QED) is 0.472. The van der Waals surface area contributed by atoms with E-state index in [0.29, 0.717) is 25.6 Å². The van der Waals surface area contributed by atoms with Crippen LogP contribution in [0.5, 0.6) is 0 Å². The van der Waals surface area contributed by atoms with Gasteiger partial charge < -0.3 is 29.7 Å². The maximum absolute atomic E-state index is 14.3. The number of fused-ring (bicyclic) bond motifs is 3. The lowest BCUT2D eigenvalue weighted by Crippen LogP contribution is -2.58. The smallest absolute Gasteiger partial charge is 0.410 e. The first-order valence-corrected chi connectivity index (χ1v) is 17.3. The number of ether oxygens (including phenoxy) is 2. The molecule has 1 radical (unpaired) electrons. The van der Waals surface area contributed by atoms with Crippen molar-refractivity contribution < 1.29 is 33.3 Å². The SMILES string of the molecule is CC1(C)CCCCc2cccc3c2CN(C3)C(=O)O[C@@H]2C[C@@H](C(=O)N[C@@H]3[B]OC[C@@H]3C3CC3)N(C2)C(=O)[C@H](C(C)(C)C)NC(=O)OC1. The van der Waals surface area contributed by atoms with Gasteiger partial charge >= 0.3 is 19.7 Å². The van der Waals surface area contributed by atoms with Crippen molar-refractivity contribution in [3.8, 4) is 0 Å². The van der Waals surface area contributed by atoms with Crippen LogP contribution in [-0.4, -0.2) is 85.2 Å². The largest absolute Gasteiger partial charge is 0.449 e. The van der Waals surface area contributed by atoms with Crippen molar-refractivity contribution >= 4 is 31.5 Å². The molecule has 4 amide bonds. The average molecular weight is 650 g/mol. The molecule has 0 aromatic heterocycles. The number of alkyl carbamates (subject to hydrolysis) is 1. The number of amides is 4. The maximum atomic E-state index is 14.3. The fourth-order valence-electron chi connectivity index (χ4n) is 7.50. The van der Waals surface area contributed by atoms with E-state index < -0.39 is 41.7 Å². The molecule has 4 bridgehead atoms. The van der Waals surface area contributed by atoms with E-state index in [9.17, 15) is 19.2 Å². The van der Waals surface area contributed by atoms with Crippen LogP contribution >= 0.6 is 0 Å². The molecule has 5 atom stereocenters. The Hall–Kier alpha value is -3.28. The molecular weight excluding hydrogens is 599 g/mol. The van der Waals surface area contributed by atoms with Gasteiger partial charge in [-0.05, 0) is 71.5 Å². The van der Waals surface area contributed by atoms with E-state index in [2.05, 4.69) is 36.6 Å². The second kappa shape index (κ2) is 13.3. The van der Waals surface area contributed by atoms with E-state index in [-0.39, 0.29) is 42.8 Å². The first-order chi connectivity index (χ1) is 22.3. The fourth-order valence-corrected chi connectivity index (χ4v) is 7.50. The Morgan fingerprint density at radius 1 is 1.09 bits per heavy atom. The van der Waals surface area contributed by atoms with Crippen molar-refractivity contribution in [2.45, 2.75) is 117 Å². The zero-order chi connectivity index (χ0) is 33.5. The third kappa shape index (κ3) is 7.73. The van der Waals surface area contributed by atoms with E-state index in [1.165, 1.54) is 16.0 Å². The molecule has 1 aliphatic carbocycles. The van der Waals surface area contributed by atoms with Gasteiger partial charge in [0.15, 0.2) is 0 Å². The lowest BCUT2D eigenvalue weighted by atomic mass is 9.79. The van der Waals surface area contributed by atoms with Crippen LogP contribution in [0.15, 0.2) is 18.2 Å². The van der Waals surface area contributed by atoms with Crippen LogP contribution in [0, 0.1) is 22.7 Å². The highest BCUT2D eigenvalue weighted by atomic mass is 16.6. The van der Waals surface area contributed by atoms with Crippen LogP contribution in [0.25, 0.3) is 0 Å². The van der Waals surface area contributed by atoms with E-state index in [4.69, 9.17) is 14.1 Å². The predicted molar refractivity (Wildman–Crippen MR) is 175 cm³/mol. The molecule has 0 spiro atoms. The summed E-state index contributed by atoms with van der Waals surface area (Å²) in [4.78, 5) is 58.1. The summed E-state index contributed by atoms with van der Waals surface area (Å²) in [6.45, 7) is 11.5. The highest BCUT2D eigenvalue weighted by Gasteiger charge is 2.48. The molecule has 2 saturated heterocycles. The molecule has 4 heterocycles. The van der Waals surface area contributed by atoms with Crippen molar-refractivity contribution in [2.75, 3.05) is 19.8 Å². The number of rotatable bonds is 3. The number of nitrogens with one attached hydrogen (secondary N) is 2. The van der Waals surface area contributed by atoms with Gasteiger partial charge in [0.25, 0.3) is 0 Å². The third-order valence-corrected chi connectivity index (χ3v) is 10.5. The molecule has 0 unspecified atom stereocenters. The van der Waals surface area contributed by atoms with Crippen LogP contribution in [-0.2, 0) is 43.2 Å². The number of carbonyl (C=O) groups is 4. The minimum absolute atomic E-state index is 0.0436. The highest BCUT2D eigenvalue weighted by molar-refractivity contribution is 6.31. The number of hydrogen-bond donors (Lipinski definition) is 2. The predicted octanol–water partition coefficient (Wildman–Crippen LogP) is 4.12. The van der Waals surface area contributed by atoms with E-state index in [1.807, 2.05) is 26.8 Å². The summed E-state index contributed by atoms with van der Waals surface area (Å²) >= 11 is 0. The molecule has 2 N–H and O–H groups in total. The first-order valence-electron chi connectivity index (χ1n) is 17.3. The zero-order valence-electron chi connectivity index (χ0n) is 28.5. The lowest BCUT2D eigenvalue weighted by molar-refractivity contribution is -0.142. The number of nitrogens with zero attached hydrogens (tertiary/aromatic N) is 2. The normalized spacial score (nSPS) is 30.2. The van der Waals surface area contributed by atoms with Crippen LogP contribution < -0.4 is 10.6 Å². The van der Waals surface area contributed by atoms with Gasteiger partial charge in [-0.2, -0.15) is 0 Å². The van der Waals surface area contributed by atoms with Gasteiger partial charge in [0, 0.05) is 32.1 Å². The summed E-state index contributed by atoms with van der Waals surface area (Å²) in [7, 11) is 1.69. The Labute approximate surface area is 279 Å². The van der Waals surface area contributed by atoms with Crippen LogP contribution in [0.1, 0.15) is 89.8 Å². The van der Waals surface area contributed by atoms with Gasteiger partial charge in [-0.15, -0.1) is 0 Å². The van der Waals surface area contributed by atoms with Gasteiger partial charge in [-0.1, -0.05) is 59.2 Å². The summed E-state index contributed by atoms with van der Waals surface area (Å²) in [5, 5.41) is 5.94. The van der Waals surface area contributed by atoms with E-state index in [1.54, 1.807) is 12.4 Å². The molecule has 3 fully saturated rings. The summed E-state index contributed by atoms with van der Waals surface area (Å²) in [6.07, 6.45) is 4.29. The lowest BCUT2D eigenvalue weighted by Gasteiger charge is -2.35. The molecule has 4 aliphatic heterocycles. The first kappa shape index (κ1) is 33.6. The van der Waals surface area contributed by atoms with E-state index in [0.717, 1.165) is 44.1 Å². The van der Waals surface area contributed by atoms with Crippen molar-refractivity contribution in [3.63, 3.8) is 0 Å². The topological polar surface area (TPSA) is 127 Å². The Morgan fingerprint density at radius 2 is 1.85 bits per heavy atom. The number of carbonyl (C=O) groups excluding carboxylic acids is 4. The Morgan fingerprint density at radius 3 is 2.60 bits per heavy atom. The Kier molecular flexibility index (Phi) is 9.53. The molecule has 5 aliphatic rings. The second-order valence-electron chi connectivity index (χ2n) is 16.1. The Bertz CT molecular complexity index is 1380. The van der Waals surface area contributed by atoms with Gasteiger partial charge in [0.05, 0.1) is 13.2 Å². The molecule has 1 saturated carbocycles. The Balaban J connectivity index is 1.26. The van der Waals surface area contributed by atoms with Gasteiger partial charge in [0.2, 0.25) is 11.8 Å². The molecular formula is C35H50BN4O7. The van der Waals surface area contributed by atoms with Crippen molar-refractivity contribution in [1.82, 2.24) is 20.4 Å². The van der Waals surface area contributed by atoms with Crippen molar-refractivity contribution in [3.05, 3.63) is 34.9 Å². The summed E-state index contributed by atoms with van der Waals surface area (Å²) in [6, 6.07) is 4.39. The highest BCUT2D eigenvalue weighted by Crippen LogP contribution is 2.40. The second-order valence-corrected chi connectivity index (χ2v) is 16.1. The van der Waals surface area contributed by atoms with Crippen LogP contribution in [0.3, 0.4) is 0 Å². The average Bonchev–Trinajstić information content (AvgIpc) is 3.37. The summed E-state index contributed by atoms with van der Waals surface area (Å²) < 4.78 is 17.3. The third-order valence-electron chi connectivity index (χ3n) is 10.5. The minimum atomic E-state index is -0.972. The number of aryl methyl sites for hydroxylation is 1. The molecule has 11 nitrogen and oxygen atoms in total. The van der Waals surface area contributed by atoms with E-state index >= 15 is 0 Å². The molecule has 1 aromatic rings. The summed E-state index contributed by atoms with van der Waals surface area (Å²) in [5.41, 5.74) is 2.59. The van der Waals surface area contributed by atoms with Gasteiger partial charge in [-0.3, -0.25) is 14.5 Å². The molecule has 6 rings (SSSR count). The van der Waals surface area contributed by atoms with Crippen molar-refractivity contribution in [2.24, 2.45) is 22.7 Å². The number of cyclic esters (lactones) is 1. The summed E-state index contributed by atoms with van der Waals surface area (Å²) in [5.74, 6) is -0.246. The maximum Gasteiger partial charge on any atom is 0.410 e. The number of benzene rings is 1. The van der Waals surface area contributed by atoms with Gasteiger partial charge in [0.1, 0.15) is 18.2 Å². The monoisotopic (exact) mass is 649 g/mol. The van der Waals surface area contributed by atoms with Crippen LogP contribution in [0.4, 0.5) is 9.59 Å². The number of hydrogen-bond acceptors (Lipinski definition) is 7. The zero-order valence-corrected chi connectivity index (χ0v) is 28.5. The molecule has 12 heteroatoms. The standard InChI is InChI=1S/C35H50BN4O7/c1-34(2,3)28-31(42)40-17-24(15-27(40)30(41)38-29-26(19-46-36-29)22-12-13-22)47-33(44)39-16-23-11-8-10-21(25(23)18-39)9-6-7-14-35(4,5)20-45-32(43)37-28/h8,10-11,22,24,26-29H,6-7,9,12-20H2,1-5H3,(H,37,43)(H,38,41)/t24-,26-,27+,28-,29+/m1/s1. The molecule has 255 valence electrons. The molecule has 47 heavy (non-hydrogen) atoms. The minimum Gasteiger partial charge on any atom is -0.449 e. The van der Waals surface area contributed by atoms with Gasteiger partial charge in [-0.25, -0.2) is 9.59 Å². The van der Waals surface area contributed by atoms with Crippen LogP contribution in [0.2, 0.25) is 0 Å². The molecule has 1 aromatic carbocycles. The van der Waals surface area contributed by atoms with Crippen molar-refractivity contribution in [1.29, 1.82) is 0 Å².